The molecular formula is C20H19NO5. The summed E-state index contributed by atoms with van der Waals surface area (Å²) in [7, 11) is 0. The maximum Gasteiger partial charge on any atom is 0.244 e. The van der Waals surface area contributed by atoms with Crippen LogP contribution in [0.4, 0.5) is 0 Å². The smallest absolute Gasteiger partial charge is 0.244 e. The summed E-state index contributed by atoms with van der Waals surface area (Å²) in [6.45, 7) is 3.26. The van der Waals surface area contributed by atoms with E-state index in [4.69, 9.17) is 18.9 Å². The van der Waals surface area contributed by atoms with Crippen molar-refractivity contribution in [2.75, 3.05) is 20.0 Å². The lowest BCUT2D eigenvalue weighted by Crippen LogP contribution is -2.25. The van der Waals surface area contributed by atoms with Gasteiger partial charge in [0.2, 0.25) is 12.7 Å². The van der Waals surface area contributed by atoms with Crippen molar-refractivity contribution in [3.63, 3.8) is 0 Å². The van der Waals surface area contributed by atoms with E-state index < -0.39 is 0 Å². The van der Waals surface area contributed by atoms with Gasteiger partial charge in [-0.05, 0) is 48.4 Å². The molecule has 6 nitrogen and oxygen atoms in total. The third-order valence-corrected chi connectivity index (χ3v) is 4.25. The van der Waals surface area contributed by atoms with E-state index in [9.17, 15) is 4.79 Å². The minimum Gasteiger partial charge on any atom is -0.486 e. The average Bonchev–Trinajstić information content (AvgIpc) is 3.13. The van der Waals surface area contributed by atoms with E-state index in [2.05, 4.69) is 5.32 Å². The Labute approximate surface area is 151 Å². The zero-order valence-electron chi connectivity index (χ0n) is 14.4. The maximum atomic E-state index is 12.2. The fourth-order valence-electron chi connectivity index (χ4n) is 2.86. The van der Waals surface area contributed by atoms with Gasteiger partial charge in [0.15, 0.2) is 23.0 Å². The lowest BCUT2D eigenvalue weighted by molar-refractivity contribution is -0.117. The summed E-state index contributed by atoms with van der Waals surface area (Å²) >= 11 is 0. The Hall–Kier alpha value is -3.15. The second-order valence-corrected chi connectivity index (χ2v) is 6.08. The molecule has 2 aromatic carbocycles. The molecule has 1 N–H and O–H groups in total. The van der Waals surface area contributed by atoms with E-state index in [1.807, 2.05) is 43.3 Å². The van der Waals surface area contributed by atoms with Gasteiger partial charge in [-0.1, -0.05) is 12.1 Å². The van der Waals surface area contributed by atoms with Crippen molar-refractivity contribution in [1.29, 1.82) is 0 Å². The van der Waals surface area contributed by atoms with Crippen molar-refractivity contribution in [2.45, 2.75) is 13.0 Å². The molecule has 0 bridgehead atoms. The molecule has 0 fully saturated rings. The summed E-state index contributed by atoms with van der Waals surface area (Å²) in [5.74, 6) is 2.69. The summed E-state index contributed by atoms with van der Waals surface area (Å²) in [5.41, 5.74) is 1.83. The summed E-state index contributed by atoms with van der Waals surface area (Å²) in [5, 5.41) is 2.95. The maximum absolute atomic E-state index is 12.2. The second-order valence-electron chi connectivity index (χ2n) is 6.08. The van der Waals surface area contributed by atoms with E-state index in [0.717, 1.165) is 22.6 Å². The molecule has 0 aliphatic carbocycles. The Morgan fingerprint density at radius 3 is 2.54 bits per heavy atom. The number of ether oxygens (including phenoxy) is 4. The molecule has 2 aliphatic rings. The first-order valence-corrected chi connectivity index (χ1v) is 8.47. The largest absolute Gasteiger partial charge is 0.486 e. The zero-order valence-corrected chi connectivity index (χ0v) is 14.4. The molecule has 0 unspecified atom stereocenters. The molecule has 4 rings (SSSR count). The number of carbonyl (C=O) groups is 1. The lowest BCUT2D eigenvalue weighted by Gasteiger charge is -2.20. The van der Waals surface area contributed by atoms with Gasteiger partial charge >= 0.3 is 0 Å². The molecule has 0 spiro atoms. The number of carbonyl (C=O) groups excluding carboxylic acids is 1. The SMILES string of the molecule is C[C@H](NC(=O)/C=C/c1ccc2c(c1)OCO2)c1ccc2c(c1)OCCO2. The molecule has 0 saturated heterocycles. The van der Waals surface area contributed by atoms with Gasteiger partial charge in [0.25, 0.3) is 0 Å². The van der Waals surface area contributed by atoms with Gasteiger partial charge in [-0.3, -0.25) is 4.79 Å². The third-order valence-electron chi connectivity index (χ3n) is 4.25. The van der Waals surface area contributed by atoms with Crippen molar-refractivity contribution in [3.05, 3.63) is 53.6 Å². The highest BCUT2D eigenvalue weighted by Gasteiger charge is 2.15. The Kier molecular flexibility index (Phi) is 4.39. The fourth-order valence-corrected chi connectivity index (χ4v) is 2.86. The number of rotatable bonds is 4. The van der Waals surface area contributed by atoms with Gasteiger partial charge < -0.3 is 24.3 Å². The lowest BCUT2D eigenvalue weighted by atomic mass is 10.1. The fraction of sp³-hybridized carbons (Fsp3) is 0.250. The number of benzene rings is 2. The number of hydrogen-bond acceptors (Lipinski definition) is 5. The quantitative estimate of drug-likeness (QED) is 0.856. The van der Waals surface area contributed by atoms with E-state index in [1.54, 1.807) is 6.08 Å². The highest BCUT2D eigenvalue weighted by Crippen LogP contribution is 2.33. The summed E-state index contributed by atoms with van der Waals surface area (Å²) < 4.78 is 21.7. The Balaban J connectivity index is 1.39. The van der Waals surface area contributed by atoms with Crippen molar-refractivity contribution < 1.29 is 23.7 Å². The number of nitrogens with one attached hydrogen (secondary N) is 1. The van der Waals surface area contributed by atoms with Crippen LogP contribution in [0.2, 0.25) is 0 Å². The van der Waals surface area contributed by atoms with Crippen LogP contribution in [0, 0.1) is 0 Å². The topological polar surface area (TPSA) is 66.0 Å². The molecule has 2 aromatic rings. The van der Waals surface area contributed by atoms with Gasteiger partial charge in [0, 0.05) is 6.08 Å². The van der Waals surface area contributed by atoms with E-state index in [0.29, 0.717) is 24.7 Å². The van der Waals surface area contributed by atoms with Gasteiger partial charge in [-0.25, -0.2) is 0 Å². The number of fused-ring (bicyclic) bond motifs is 2. The van der Waals surface area contributed by atoms with E-state index in [1.165, 1.54) is 6.08 Å². The van der Waals surface area contributed by atoms with Gasteiger partial charge in [-0.2, -0.15) is 0 Å². The van der Waals surface area contributed by atoms with Crippen LogP contribution < -0.4 is 24.3 Å². The molecule has 6 heteroatoms. The average molecular weight is 353 g/mol. The van der Waals surface area contributed by atoms with Crippen LogP contribution >= 0.6 is 0 Å². The molecule has 0 saturated carbocycles. The summed E-state index contributed by atoms with van der Waals surface area (Å²) in [4.78, 5) is 12.2. The first-order valence-electron chi connectivity index (χ1n) is 8.47. The monoisotopic (exact) mass is 353 g/mol. The van der Waals surface area contributed by atoms with Crippen molar-refractivity contribution in [2.24, 2.45) is 0 Å². The van der Waals surface area contributed by atoms with Crippen LogP contribution in [0.3, 0.4) is 0 Å². The summed E-state index contributed by atoms with van der Waals surface area (Å²) in [6, 6.07) is 11.1. The van der Waals surface area contributed by atoms with Crippen LogP contribution in [-0.2, 0) is 4.79 Å². The predicted molar refractivity (Wildman–Crippen MR) is 95.6 cm³/mol. The van der Waals surface area contributed by atoms with Gasteiger partial charge in [-0.15, -0.1) is 0 Å². The first kappa shape index (κ1) is 16.3. The molecule has 0 aromatic heterocycles. The molecular weight excluding hydrogens is 334 g/mol. The highest BCUT2D eigenvalue weighted by atomic mass is 16.7. The predicted octanol–water partition coefficient (Wildman–Crippen LogP) is 3.08. The normalized spacial score (nSPS) is 15.7. The van der Waals surface area contributed by atoms with Crippen molar-refractivity contribution in [3.8, 4) is 23.0 Å². The molecule has 1 atom stereocenters. The number of amides is 1. The second kappa shape index (κ2) is 7.00. The molecule has 26 heavy (non-hydrogen) atoms. The van der Waals surface area contributed by atoms with Crippen LogP contribution in [-0.4, -0.2) is 25.9 Å². The van der Waals surface area contributed by atoms with Crippen LogP contribution in [0.1, 0.15) is 24.1 Å². The van der Waals surface area contributed by atoms with Crippen LogP contribution in [0.5, 0.6) is 23.0 Å². The minimum atomic E-state index is -0.176. The minimum absolute atomic E-state index is 0.153. The molecule has 134 valence electrons. The van der Waals surface area contributed by atoms with Crippen LogP contribution in [0.25, 0.3) is 6.08 Å². The molecule has 0 radical (unpaired) electrons. The highest BCUT2D eigenvalue weighted by molar-refractivity contribution is 5.92. The molecule has 2 aliphatic heterocycles. The molecule has 1 amide bonds. The van der Waals surface area contributed by atoms with Crippen molar-refractivity contribution in [1.82, 2.24) is 5.32 Å². The Bertz CT molecular complexity index is 861. The Morgan fingerprint density at radius 1 is 0.962 bits per heavy atom. The number of hydrogen-bond donors (Lipinski definition) is 1. The Morgan fingerprint density at radius 2 is 1.65 bits per heavy atom. The zero-order chi connectivity index (χ0) is 17.9. The van der Waals surface area contributed by atoms with Gasteiger partial charge in [0.05, 0.1) is 6.04 Å². The van der Waals surface area contributed by atoms with Gasteiger partial charge in [0.1, 0.15) is 13.2 Å². The molecule has 2 heterocycles. The third kappa shape index (κ3) is 3.44. The summed E-state index contributed by atoms with van der Waals surface area (Å²) in [6.07, 6.45) is 3.25. The van der Waals surface area contributed by atoms with E-state index in [-0.39, 0.29) is 18.7 Å². The van der Waals surface area contributed by atoms with Crippen molar-refractivity contribution >= 4 is 12.0 Å². The van der Waals surface area contributed by atoms with Crippen LogP contribution in [0.15, 0.2) is 42.5 Å². The standard InChI is InChI=1S/C20H19NO5/c1-13(15-4-6-16-19(11-15)24-9-8-23-16)21-20(22)7-3-14-2-5-17-18(10-14)26-12-25-17/h2-7,10-11,13H,8-9,12H2,1H3,(H,21,22)/b7-3+/t13-/m0/s1. The first-order chi connectivity index (χ1) is 12.7. The van der Waals surface area contributed by atoms with E-state index >= 15 is 0 Å².